The summed E-state index contributed by atoms with van der Waals surface area (Å²) in [5.74, 6) is 0. The van der Waals surface area contributed by atoms with Gasteiger partial charge in [0.15, 0.2) is 0 Å². The molecular weight excluding hydrogens is 208 g/mol. The van der Waals surface area contributed by atoms with Crippen molar-refractivity contribution in [3.8, 4) is 0 Å². The monoisotopic (exact) mass is 232 g/mol. The highest BCUT2D eigenvalue weighted by atomic mass is 15.2. The molecule has 1 aromatic rings. The zero-order valence-corrected chi connectivity index (χ0v) is 11.5. The predicted octanol–water partition coefficient (Wildman–Crippen LogP) is 2.70. The number of hydrogen-bond acceptors (Lipinski definition) is 2. The van der Waals surface area contributed by atoms with Gasteiger partial charge in [0.05, 0.1) is 0 Å². The molecule has 2 nitrogen and oxygen atoms in total. The van der Waals surface area contributed by atoms with Crippen molar-refractivity contribution in [2.75, 3.05) is 32.1 Å². The van der Waals surface area contributed by atoms with E-state index in [1.54, 1.807) is 0 Å². The van der Waals surface area contributed by atoms with Crippen molar-refractivity contribution in [1.82, 2.24) is 4.90 Å². The van der Waals surface area contributed by atoms with Gasteiger partial charge in [-0.1, -0.05) is 19.1 Å². The van der Waals surface area contributed by atoms with Crippen LogP contribution in [0.25, 0.3) is 0 Å². The van der Waals surface area contributed by atoms with E-state index in [0.717, 1.165) is 6.42 Å². The van der Waals surface area contributed by atoms with Crippen LogP contribution in [-0.4, -0.2) is 38.1 Å². The fraction of sp³-hybridized carbons (Fsp3) is 0.600. The van der Waals surface area contributed by atoms with Crippen LogP contribution in [0.1, 0.15) is 24.5 Å². The van der Waals surface area contributed by atoms with Gasteiger partial charge in [-0.2, -0.15) is 0 Å². The standard InChI is InChI=1S/C15H24N2/c1-5-13-7-6-12(2)10-15(13)17-9-8-14(11-17)16(3)4/h6-7,10,14H,5,8-9,11H2,1-4H3/t14-/m0/s1. The van der Waals surface area contributed by atoms with Gasteiger partial charge in [-0.3, -0.25) is 0 Å². The first-order chi connectivity index (χ1) is 8.11. The van der Waals surface area contributed by atoms with Crippen molar-refractivity contribution in [3.05, 3.63) is 29.3 Å². The summed E-state index contributed by atoms with van der Waals surface area (Å²) < 4.78 is 0. The maximum atomic E-state index is 2.55. The van der Waals surface area contributed by atoms with Crippen LogP contribution in [-0.2, 0) is 6.42 Å². The minimum absolute atomic E-state index is 0.709. The molecule has 2 rings (SSSR count). The third-order valence-electron chi connectivity index (χ3n) is 3.86. The maximum Gasteiger partial charge on any atom is 0.0401 e. The number of anilines is 1. The van der Waals surface area contributed by atoms with Crippen molar-refractivity contribution in [3.63, 3.8) is 0 Å². The molecule has 0 bridgehead atoms. The second kappa shape index (κ2) is 5.09. The molecule has 1 aliphatic heterocycles. The Morgan fingerprint density at radius 2 is 2.12 bits per heavy atom. The highest BCUT2D eigenvalue weighted by Crippen LogP contribution is 2.27. The molecule has 17 heavy (non-hydrogen) atoms. The molecule has 1 fully saturated rings. The SMILES string of the molecule is CCc1ccc(C)cc1N1CC[C@H](N(C)C)C1. The average Bonchev–Trinajstić information content (AvgIpc) is 2.78. The molecule has 0 saturated carbocycles. The van der Waals surface area contributed by atoms with Gasteiger partial charge in [0, 0.05) is 24.8 Å². The van der Waals surface area contributed by atoms with E-state index in [1.165, 1.54) is 36.3 Å². The molecule has 0 N–H and O–H groups in total. The van der Waals surface area contributed by atoms with E-state index in [4.69, 9.17) is 0 Å². The molecule has 1 aromatic carbocycles. The Morgan fingerprint density at radius 3 is 2.71 bits per heavy atom. The van der Waals surface area contributed by atoms with Gasteiger partial charge in [0.1, 0.15) is 0 Å². The minimum Gasteiger partial charge on any atom is -0.370 e. The highest BCUT2D eigenvalue weighted by molar-refractivity contribution is 5.56. The van der Waals surface area contributed by atoms with Gasteiger partial charge in [-0.15, -0.1) is 0 Å². The predicted molar refractivity (Wildman–Crippen MR) is 74.9 cm³/mol. The summed E-state index contributed by atoms with van der Waals surface area (Å²) in [5.41, 5.74) is 4.30. The van der Waals surface area contributed by atoms with Crippen LogP contribution >= 0.6 is 0 Å². The van der Waals surface area contributed by atoms with Crippen molar-refractivity contribution in [2.24, 2.45) is 0 Å². The molecule has 0 amide bonds. The fourth-order valence-electron chi connectivity index (χ4n) is 2.65. The molecule has 0 aliphatic carbocycles. The van der Waals surface area contributed by atoms with E-state index in [-0.39, 0.29) is 0 Å². The Bertz CT molecular complexity index is 385. The summed E-state index contributed by atoms with van der Waals surface area (Å²) in [4.78, 5) is 4.90. The molecule has 1 heterocycles. The zero-order valence-electron chi connectivity index (χ0n) is 11.5. The minimum atomic E-state index is 0.709. The molecule has 0 unspecified atom stereocenters. The number of hydrogen-bond donors (Lipinski definition) is 0. The van der Waals surface area contributed by atoms with Crippen LogP contribution in [0, 0.1) is 6.92 Å². The van der Waals surface area contributed by atoms with Crippen LogP contribution in [0.2, 0.25) is 0 Å². The zero-order chi connectivity index (χ0) is 12.4. The Balaban J connectivity index is 2.20. The summed E-state index contributed by atoms with van der Waals surface area (Å²) in [6.45, 7) is 6.79. The van der Waals surface area contributed by atoms with E-state index in [0.29, 0.717) is 6.04 Å². The number of benzene rings is 1. The lowest BCUT2D eigenvalue weighted by molar-refractivity contribution is 0.315. The van der Waals surface area contributed by atoms with E-state index < -0.39 is 0 Å². The first-order valence-corrected chi connectivity index (χ1v) is 6.62. The Morgan fingerprint density at radius 1 is 1.35 bits per heavy atom. The van der Waals surface area contributed by atoms with E-state index in [1.807, 2.05) is 0 Å². The van der Waals surface area contributed by atoms with Crippen LogP contribution < -0.4 is 4.90 Å². The average molecular weight is 232 g/mol. The number of nitrogens with zero attached hydrogens (tertiary/aromatic N) is 2. The lowest BCUT2D eigenvalue weighted by Crippen LogP contribution is -2.31. The third kappa shape index (κ3) is 2.63. The van der Waals surface area contributed by atoms with Gasteiger partial charge in [0.2, 0.25) is 0 Å². The number of rotatable bonds is 3. The van der Waals surface area contributed by atoms with Crippen molar-refractivity contribution < 1.29 is 0 Å². The van der Waals surface area contributed by atoms with Gasteiger partial charge in [-0.05, 0) is 51.1 Å². The molecule has 1 saturated heterocycles. The number of likely N-dealkylation sites (N-methyl/N-ethyl adjacent to an activating group) is 1. The lowest BCUT2D eigenvalue weighted by Gasteiger charge is -2.24. The molecule has 0 aromatic heterocycles. The normalized spacial score (nSPS) is 20.3. The van der Waals surface area contributed by atoms with Gasteiger partial charge in [0.25, 0.3) is 0 Å². The second-order valence-electron chi connectivity index (χ2n) is 5.34. The second-order valence-corrected chi connectivity index (χ2v) is 5.34. The maximum absolute atomic E-state index is 2.55. The topological polar surface area (TPSA) is 6.48 Å². The molecule has 1 atom stereocenters. The Labute approximate surface area is 105 Å². The first kappa shape index (κ1) is 12.4. The van der Waals surface area contributed by atoms with Crippen molar-refractivity contribution in [2.45, 2.75) is 32.7 Å². The van der Waals surface area contributed by atoms with Crippen LogP contribution in [0.15, 0.2) is 18.2 Å². The van der Waals surface area contributed by atoms with Gasteiger partial charge >= 0.3 is 0 Å². The summed E-state index contributed by atoms with van der Waals surface area (Å²) in [6.07, 6.45) is 2.41. The molecule has 0 radical (unpaired) electrons. The summed E-state index contributed by atoms with van der Waals surface area (Å²) in [7, 11) is 4.37. The highest BCUT2D eigenvalue weighted by Gasteiger charge is 2.25. The van der Waals surface area contributed by atoms with E-state index >= 15 is 0 Å². The molecule has 1 aliphatic rings. The van der Waals surface area contributed by atoms with E-state index in [9.17, 15) is 0 Å². The number of aryl methyl sites for hydroxylation is 2. The van der Waals surface area contributed by atoms with Gasteiger partial charge < -0.3 is 9.80 Å². The summed E-state index contributed by atoms with van der Waals surface area (Å²) >= 11 is 0. The Kier molecular flexibility index (Phi) is 3.72. The smallest absolute Gasteiger partial charge is 0.0401 e. The Hall–Kier alpha value is -1.02. The van der Waals surface area contributed by atoms with Crippen LogP contribution in [0.4, 0.5) is 5.69 Å². The van der Waals surface area contributed by atoms with Crippen molar-refractivity contribution >= 4 is 5.69 Å². The van der Waals surface area contributed by atoms with E-state index in [2.05, 4.69) is 55.9 Å². The molecule has 2 heteroatoms. The van der Waals surface area contributed by atoms with Gasteiger partial charge in [-0.25, -0.2) is 0 Å². The summed E-state index contributed by atoms with van der Waals surface area (Å²) in [5, 5.41) is 0. The quantitative estimate of drug-likeness (QED) is 0.790. The first-order valence-electron chi connectivity index (χ1n) is 6.62. The molecule has 94 valence electrons. The largest absolute Gasteiger partial charge is 0.370 e. The van der Waals surface area contributed by atoms with Crippen LogP contribution in [0.3, 0.4) is 0 Å². The van der Waals surface area contributed by atoms with Crippen molar-refractivity contribution in [1.29, 1.82) is 0 Å². The molecule has 0 spiro atoms. The lowest BCUT2D eigenvalue weighted by atomic mass is 10.1. The summed E-state index contributed by atoms with van der Waals surface area (Å²) in [6, 6.07) is 7.56. The third-order valence-corrected chi connectivity index (χ3v) is 3.86. The fourth-order valence-corrected chi connectivity index (χ4v) is 2.65. The van der Waals surface area contributed by atoms with Crippen LogP contribution in [0.5, 0.6) is 0 Å². The molecular formula is C15H24N2.